The van der Waals surface area contributed by atoms with Crippen LogP contribution in [0.1, 0.15) is 41.0 Å². The van der Waals surface area contributed by atoms with Gasteiger partial charge in [-0.2, -0.15) is 0 Å². The number of para-hydroxylation sites is 2. The van der Waals surface area contributed by atoms with E-state index in [1.807, 2.05) is 58.9 Å². The van der Waals surface area contributed by atoms with Gasteiger partial charge in [-0.25, -0.2) is 4.79 Å². The minimum absolute atomic E-state index is 0.121. The Morgan fingerprint density at radius 3 is 2.57 bits per heavy atom. The molecule has 1 aliphatic heterocycles. The average Bonchev–Trinajstić information content (AvgIpc) is 2.49. The molecule has 0 spiro atoms. The molecule has 5 nitrogen and oxygen atoms in total. The smallest absolute Gasteiger partial charge is 0.329 e. The number of hydrogen-bond donors (Lipinski definition) is 1. The lowest BCUT2D eigenvalue weighted by molar-refractivity contribution is -0.147. The average molecular weight is 318 g/mol. The zero-order valence-electron chi connectivity index (χ0n) is 14.6. The van der Waals surface area contributed by atoms with Crippen molar-refractivity contribution in [3.8, 4) is 0 Å². The third kappa shape index (κ3) is 3.49. The third-order valence-corrected chi connectivity index (χ3v) is 3.89. The maximum Gasteiger partial charge on any atom is 0.329 e. The van der Waals surface area contributed by atoms with Gasteiger partial charge < -0.3 is 10.1 Å². The fourth-order valence-electron chi connectivity index (χ4n) is 2.70. The number of carbonyl (C=O) groups excluding carboxylic acids is 2. The molecule has 0 radical (unpaired) electrons. The number of hydrogen-bond acceptors (Lipinski definition) is 4. The lowest BCUT2D eigenvalue weighted by Gasteiger charge is -2.42. The first-order valence-electron chi connectivity index (χ1n) is 8.15. The number of esters is 1. The molecule has 0 saturated carbocycles. The van der Waals surface area contributed by atoms with Crippen LogP contribution in [0.4, 0.5) is 11.4 Å². The van der Waals surface area contributed by atoms with Crippen LogP contribution in [-0.2, 0) is 14.3 Å². The van der Waals surface area contributed by atoms with Gasteiger partial charge in [-0.15, -0.1) is 0 Å². The van der Waals surface area contributed by atoms with Crippen molar-refractivity contribution in [2.75, 3.05) is 16.8 Å². The minimum atomic E-state index is -0.764. The second-order valence-electron chi connectivity index (χ2n) is 6.89. The van der Waals surface area contributed by atoms with Crippen LogP contribution in [0.2, 0.25) is 0 Å². The van der Waals surface area contributed by atoms with Crippen LogP contribution < -0.4 is 10.2 Å². The molecule has 1 aromatic rings. The molecule has 1 heterocycles. The number of anilines is 2. The van der Waals surface area contributed by atoms with Crippen LogP contribution in [0.3, 0.4) is 0 Å². The van der Waals surface area contributed by atoms with E-state index in [1.54, 1.807) is 4.90 Å². The van der Waals surface area contributed by atoms with Gasteiger partial charge in [-0.3, -0.25) is 9.69 Å². The van der Waals surface area contributed by atoms with Crippen LogP contribution in [0.15, 0.2) is 24.3 Å². The minimum Gasteiger partial charge on any atom is -0.464 e. The summed E-state index contributed by atoms with van der Waals surface area (Å²) in [6.45, 7) is 9.88. The lowest BCUT2D eigenvalue weighted by atomic mass is 9.95. The first-order chi connectivity index (χ1) is 10.8. The molecule has 0 bridgehead atoms. The summed E-state index contributed by atoms with van der Waals surface area (Å²) in [5, 5.41) is 3.24. The lowest BCUT2D eigenvalue weighted by Crippen LogP contribution is -2.59. The van der Waals surface area contributed by atoms with Crippen LogP contribution >= 0.6 is 0 Å². The van der Waals surface area contributed by atoms with Crippen molar-refractivity contribution in [3.63, 3.8) is 0 Å². The molecule has 0 fully saturated rings. The summed E-state index contributed by atoms with van der Waals surface area (Å²) >= 11 is 0. The van der Waals surface area contributed by atoms with E-state index in [2.05, 4.69) is 5.32 Å². The van der Waals surface area contributed by atoms with Crippen molar-refractivity contribution >= 4 is 23.3 Å². The van der Waals surface area contributed by atoms with Crippen molar-refractivity contribution in [1.29, 1.82) is 0 Å². The highest BCUT2D eigenvalue weighted by Gasteiger charge is 2.43. The summed E-state index contributed by atoms with van der Waals surface area (Å²) in [5.41, 5.74) is 0.817. The summed E-state index contributed by atoms with van der Waals surface area (Å²) in [6, 6.07) is 6.94. The van der Waals surface area contributed by atoms with Gasteiger partial charge in [0, 0.05) is 0 Å². The molecule has 5 heteroatoms. The number of nitrogens with zero attached hydrogens (tertiary/aromatic N) is 1. The Morgan fingerprint density at radius 2 is 1.96 bits per heavy atom. The van der Waals surface area contributed by atoms with Crippen molar-refractivity contribution in [1.82, 2.24) is 0 Å². The molecule has 0 aliphatic carbocycles. The second-order valence-corrected chi connectivity index (χ2v) is 6.89. The Kier molecular flexibility index (Phi) is 4.97. The van der Waals surface area contributed by atoms with Crippen molar-refractivity contribution < 1.29 is 14.3 Å². The number of rotatable bonds is 5. The van der Waals surface area contributed by atoms with Gasteiger partial charge in [-0.05, 0) is 38.3 Å². The predicted octanol–water partition coefficient (Wildman–Crippen LogP) is 3.20. The van der Waals surface area contributed by atoms with Crippen molar-refractivity contribution in [2.45, 2.75) is 52.6 Å². The Morgan fingerprint density at radius 1 is 1.30 bits per heavy atom. The Balaban J connectivity index is 2.37. The Hall–Kier alpha value is -2.04. The summed E-state index contributed by atoms with van der Waals surface area (Å²) < 4.78 is 5.39. The predicted molar refractivity (Wildman–Crippen MR) is 91.5 cm³/mol. The monoisotopic (exact) mass is 318 g/mol. The highest BCUT2D eigenvalue weighted by molar-refractivity contribution is 6.10. The molecule has 1 N–H and O–H groups in total. The standard InChI is InChI=1S/C18H26N2O3/c1-6-14(16(21)23-11-12(2)3)20-15-10-8-7-9-13(15)19-18(4,5)17(20)22/h7-10,12,14,19H,6,11H2,1-5H3. The maximum absolute atomic E-state index is 12.9. The van der Waals surface area contributed by atoms with Gasteiger partial charge in [0.25, 0.3) is 5.91 Å². The molecular weight excluding hydrogens is 292 g/mol. The van der Waals surface area contributed by atoms with Gasteiger partial charge in [0.1, 0.15) is 11.6 Å². The Bertz CT molecular complexity index is 596. The van der Waals surface area contributed by atoms with E-state index >= 15 is 0 Å². The molecule has 0 aromatic heterocycles. The summed E-state index contributed by atoms with van der Waals surface area (Å²) in [5.74, 6) is -0.203. The largest absolute Gasteiger partial charge is 0.464 e. The first kappa shape index (κ1) is 17.3. The van der Waals surface area contributed by atoms with Gasteiger partial charge in [0.05, 0.1) is 18.0 Å². The van der Waals surface area contributed by atoms with E-state index in [-0.39, 0.29) is 17.8 Å². The van der Waals surface area contributed by atoms with E-state index in [0.29, 0.717) is 13.0 Å². The fraction of sp³-hybridized carbons (Fsp3) is 0.556. The van der Waals surface area contributed by atoms with E-state index in [0.717, 1.165) is 11.4 Å². The number of benzene rings is 1. The van der Waals surface area contributed by atoms with Gasteiger partial charge in [-0.1, -0.05) is 32.9 Å². The highest BCUT2D eigenvalue weighted by Crippen LogP contribution is 2.37. The number of ether oxygens (including phenoxy) is 1. The molecule has 126 valence electrons. The van der Waals surface area contributed by atoms with Crippen molar-refractivity contribution in [3.05, 3.63) is 24.3 Å². The van der Waals surface area contributed by atoms with Crippen LogP contribution in [0.25, 0.3) is 0 Å². The fourth-order valence-corrected chi connectivity index (χ4v) is 2.70. The summed E-state index contributed by atoms with van der Waals surface area (Å²) in [6.07, 6.45) is 0.507. The van der Waals surface area contributed by atoms with Gasteiger partial charge in [0.15, 0.2) is 0 Å². The van der Waals surface area contributed by atoms with E-state index in [4.69, 9.17) is 4.74 Å². The quantitative estimate of drug-likeness (QED) is 0.847. The normalized spacial score (nSPS) is 17.5. The summed E-state index contributed by atoms with van der Waals surface area (Å²) in [7, 11) is 0. The third-order valence-electron chi connectivity index (χ3n) is 3.89. The summed E-state index contributed by atoms with van der Waals surface area (Å²) in [4.78, 5) is 27.0. The van der Waals surface area contributed by atoms with Crippen molar-refractivity contribution in [2.24, 2.45) is 5.92 Å². The zero-order chi connectivity index (χ0) is 17.2. The highest BCUT2D eigenvalue weighted by atomic mass is 16.5. The molecule has 1 aliphatic rings. The molecule has 2 rings (SSSR count). The molecule has 23 heavy (non-hydrogen) atoms. The topological polar surface area (TPSA) is 58.6 Å². The first-order valence-corrected chi connectivity index (χ1v) is 8.15. The van der Waals surface area contributed by atoms with E-state index in [9.17, 15) is 9.59 Å². The molecule has 0 saturated heterocycles. The zero-order valence-corrected chi connectivity index (χ0v) is 14.6. The SMILES string of the molecule is CCC(C(=O)OCC(C)C)N1C(=O)C(C)(C)Nc2ccccc21. The van der Waals surface area contributed by atoms with Crippen LogP contribution in [0.5, 0.6) is 0 Å². The van der Waals surface area contributed by atoms with Gasteiger partial charge >= 0.3 is 5.97 Å². The Labute approximate surface area is 138 Å². The molecule has 1 amide bonds. The van der Waals surface area contributed by atoms with Crippen LogP contribution in [0, 0.1) is 5.92 Å². The van der Waals surface area contributed by atoms with Gasteiger partial charge in [0.2, 0.25) is 0 Å². The number of fused-ring (bicyclic) bond motifs is 1. The van der Waals surface area contributed by atoms with Crippen LogP contribution in [-0.4, -0.2) is 30.1 Å². The maximum atomic E-state index is 12.9. The number of nitrogens with one attached hydrogen (secondary N) is 1. The van der Waals surface area contributed by atoms with E-state index in [1.165, 1.54) is 0 Å². The molecule has 1 atom stereocenters. The number of amides is 1. The van der Waals surface area contributed by atoms with E-state index < -0.39 is 11.6 Å². The molecule has 1 aromatic carbocycles. The molecule has 1 unspecified atom stereocenters. The molecular formula is C18H26N2O3. The number of carbonyl (C=O) groups is 2. The second kappa shape index (κ2) is 6.60.